The fraction of sp³-hybridized carbons (Fsp3) is 0.333. The molecular weight excluding hydrogens is 352 g/mol. The number of nitrogens with two attached hydrogens (primary N) is 1. The Morgan fingerprint density at radius 1 is 1.31 bits per heavy atom. The number of nitrogens with one attached hydrogen (secondary N) is 1. The van der Waals surface area contributed by atoms with Gasteiger partial charge in [-0.2, -0.15) is 19.7 Å². The number of aromatic nitrogens is 4. The van der Waals surface area contributed by atoms with Crippen LogP contribution in [0, 0.1) is 0 Å². The van der Waals surface area contributed by atoms with E-state index < -0.39 is 5.41 Å². The minimum atomic E-state index is -0.759. The van der Waals surface area contributed by atoms with Gasteiger partial charge >= 0.3 is 0 Å². The smallest absolute Gasteiger partial charge is 0.255 e. The Balaban J connectivity index is 1.94. The molecule has 0 bridgehead atoms. The average molecular weight is 371 g/mol. The molecule has 7 nitrogen and oxygen atoms in total. The SMILES string of the molecule is CCCc1nn(-c2nc(N)c3c(n2)NC(=O)C3(C)C)c2ccc(Cl)cc12. The summed E-state index contributed by atoms with van der Waals surface area (Å²) in [5, 5.41) is 9.09. The summed E-state index contributed by atoms with van der Waals surface area (Å²) in [6.07, 6.45) is 1.77. The number of rotatable bonds is 3. The number of nitrogen functional groups attached to an aromatic ring is 1. The van der Waals surface area contributed by atoms with Gasteiger partial charge in [-0.15, -0.1) is 0 Å². The summed E-state index contributed by atoms with van der Waals surface area (Å²) < 4.78 is 1.66. The van der Waals surface area contributed by atoms with Crippen LogP contribution in [0.2, 0.25) is 5.02 Å². The minimum Gasteiger partial charge on any atom is -0.383 e. The number of anilines is 2. The number of amides is 1. The molecule has 0 saturated heterocycles. The van der Waals surface area contributed by atoms with Gasteiger partial charge in [0.15, 0.2) is 0 Å². The molecular formula is C18H19ClN6O. The highest BCUT2D eigenvalue weighted by molar-refractivity contribution is 6.31. The van der Waals surface area contributed by atoms with E-state index in [1.54, 1.807) is 24.6 Å². The first kappa shape index (κ1) is 16.8. The number of aryl methyl sites for hydroxylation is 1. The van der Waals surface area contributed by atoms with Crippen LogP contribution in [0.15, 0.2) is 18.2 Å². The van der Waals surface area contributed by atoms with Crippen molar-refractivity contribution in [3.8, 4) is 5.95 Å². The van der Waals surface area contributed by atoms with Gasteiger partial charge < -0.3 is 11.1 Å². The molecule has 134 valence electrons. The predicted molar refractivity (Wildman–Crippen MR) is 102 cm³/mol. The summed E-state index contributed by atoms with van der Waals surface area (Å²) in [4.78, 5) is 21.2. The lowest BCUT2D eigenvalue weighted by Crippen LogP contribution is -2.27. The zero-order valence-corrected chi connectivity index (χ0v) is 15.6. The van der Waals surface area contributed by atoms with Gasteiger partial charge in [-0.1, -0.05) is 24.9 Å². The van der Waals surface area contributed by atoms with E-state index in [2.05, 4.69) is 27.3 Å². The van der Waals surface area contributed by atoms with Gasteiger partial charge in [-0.25, -0.2) is 0 Å². The zero-order chi connectivity index (χ0) is 18.6. The fourth-order valence-electron chi connectivity index (χ4n) is 3.37. The second kappa shape index (κ2) is 5.67. The first-order valence-electron chi connectivity index (χ1n) is 8.50. The summed E-state index contributed by atoms with van der Waals surface area (Å²) in [5.74, 6) is 0.906. The molecule has 8 heteroatoms. The third-order valence-electron chi connectivity index (χ3n) is 4.74. The van der Waals surface area contributed by atoms with Crippen LogP contribution in [-0.2, 0) is 16.6 Å². The lowest BCUT2D eigenvalue weighted by molar-refractivity contribution is -0.119. The molecule has 26 heavy (non-hydrogen) atoms. The molecule has 4 rings (SSSR count). The first-order chi connectivity index (χ1) is 12.3. The highest BCUT2D eigenvalue weighted by atomic mass is 35.5. The van der Waals surface area contributed by atoms with Gasteiger partial charge in [-0.3, -0.25) is 4.79 Å². The molecule has 3 heterocycles. The van der Waals surface area contributed by atoms with Gasteiger partial charge in [-0.05, 0) is 38.5 Å². The molecule has 1 aliphatic heterocycles. The normalized spacial score (nSPS) is 15.3. The minimum absolute atomic E-state index is 0.144. The number of hydrogen-bond donors (Lipinski definition) is 2. The monoisotopic (exact) mass is 370 g/mol. The van der Waals surface area contributed by atoms with Gasteiger partial charge in [0, 0.05) is 10.4 Å². The van der Waals surface area contributed by atoms with E-state index >= 15 is 0 Å². The van der Waals surface area contributed by atoms with Crippen molar-refractivity contribution in [2.75, 3.05) is 11.1 Å². The maximum atomic E-state index is 12.2. The van der Waals surface area contributed by atoms with Gasteiger partial charge in [0.1, 0.15) is 11.6 Å². The number of hydrogen-bond acceptors (Lipinski definition) is 5. The standard InChI is InChI=1S/C18H19ClN6O/c1-4-5-11-10-8-9(19)6-7-12(10)25(24-11)17-21-14(20)13-15(23-17)22-16(26)18(13,2)3/h6-8H,4-5H2,1-3H3,(H3,20,21,22,23,26). The number of fused-ring (bicyclic) bond motifs is 2. The van der Waals surface area contributed by atoms with Crippen LogP contribution in [-0.4, -0.2) is 25.7 Å². The highest BCUT2D eigenvalue weighted by Gasteiger charge is 2.42. The van der Waals surface area contributed by atoms with Crippen molar-refractivity contribution in [2.45, 2.75) is 39.0 Å². The second-order valence-electron chi connectivity index (χ2n) is 6.98. The number of halogens is 1. The molecule has 1 aliphatic rings. The summed E-state index contributed by atoms with van der Waals surface area (Å²) in [7, 11) is 0. The van der Waals surface area contributed by atoms with E-state index in [-0.39, 0.29) is 11.7 Å². The molecule has 2 aromatic heterocycles. The average Bonchev–Trinajstić information content (AvgIpc) is 3.03. The van der Waals surface area contributed by atoms with E-state index in [9.17, 15) is 4.79 Å². The molecule has 0 atom stereocenters. The van der Waals surface area contributed by atoms with Crippen molar-refractivity contribution < 1.29 is 4.79 Å². The Morgan fingerprint density at radius 2 is 2.08 bits per heavy atom. The Bertz CT molecular complexity index is 1060. The summed E-state index contributed by atoms with van der Waals surface area (Å²) >= 11 is 6.16. The molecule has 1 aromatic carbocycles. The molecule has 0 fully saturated rings. The molecule has 0 unspecified atom stereocenters. The molecule has 0 aliphatic carbocycles. The van der Waals surface area contributed by atoms with Crippen molar-refractivity contribution >= 4 is 40.0 Å². The van der Waals surface area contributed by atoms with Crippen molar-refractivity contribution in [1.82, 2.24) is 19.7 Å². The Morgan fingerprint density at radius 3 is 2.81 bits per heavy atom. The van der Waals surface area contributed by atoms with Crippen LogP contribution in [0.1, 0.15) is 38.4 Å². The number of benzene rings is 1. The molecule has 3 aromatic rings. The zero-order valence-electron chi connectivity index (χ0n) is 14.8. The predicted octanol–water partition coefficient (Wildman–Crippen LogP) is 3.23. The quantitative estimate of drug-likeness (QED) is 0.737. The summed E-state index contributed by atoms with van der Waals surface area (Å²) in [5.41, 5.74) is 7.82. The molecule has 0 spiro atoms. The molecule has 0 saturated carbocycles. The van der Waals surface area contributed by atoms with E-state index in [0.717, 1.165) is 29.4 Å². The summed E-state index contributed by atoms with van der Waals surface area (Å²) in [6, 6.07) is 5.59. The number of nitrogens with zero attached hydrogens (tertiary/aromatic N) is 4. The van der Waals surface area contributed by atoms with E-state index in [0.29, 0.717) is 22.4 Å². The molecule has 0 radical (unpaired) electrons. The topological polar surface area (TPSA) is 98.7 Å². The van der Waals surface area contributed by atoms with E-state index in [1.165, 1.54) is 0 Å². The van der Waals surface area contributed by atoms with Crippen LogP contribution in [0.3, 0.4) is 0 Å². The molecule has 1 amide bonds. The Hall–Kier alpha value is -2.67. The van der Waals surface area contributed by atoms with Crippen molar-refractivity contribution in [3.05, 3.63) is 34.5 Å². The third kappa shape index (κ3) is 2.34. The van der Waals surface area contributed by atoms with Crippen molar-refractivity contribution in [2.24, 2.45) is 0 Å². The van der Waals surface area contributed by atoms with E-state index in [1.807, 2.05) is 12.1 Å². The van der Waals surface area contributed by atoms with E-state index in [4.69, 9.17) is 17.3 Å². The van der Waals surface area contributed by atoms with Crippen LogP contribution in [0.4, 0.5) is 11.6 Å². The van der Waals surface area contributed by atoms with Crippen LogP contribution >= 0.6 is 11.6 Å². The van der Waals surface area contributed by atoms with Crippen LogP contribution < -0.4 is 11.1 Å². The number of carbonyl (C=O) groups is 1. The Kier molecular flexibility index (Phi) is 3.66. The fourth-order valence-corrected chi connectivity index (χ4v) is 3.54. The second-order valence-corrected chi connectivity index (χ2v) is 7.42. The first-order valence-corrected chi connectivity index (χ1v) is 8.87. The van der Waals surface area contributed by atoms with Crippen LogP contribution in [0.5, 0.6) is 0 Å². The van der Waals surface area contributed by atoms with Gasteiger partial charge in [0.2, 0.25) is 5.91 Å². The maximum absolute atomic E-state index is 12.2. The maximum Gasteiger partial charge on any atom is 0.255 e. The molecule has 3 N–H and O–H groups in total. The van der Waals surface area contributed by atoms with Crippen LogP contribution in [0.25, 0.3) is 16.9 Å². The van der Waals surface area contributed by atoms with Gasteiger partial charge in [0.05, 0.1) is 22.2 Å². The highest BCUT2D eigenvalue weighted by Crippen LogP contribution is 2.39. The van der Waals surface area contributed by atoms with Crippen molar-refractivity contribution in [3.63, 3.8) is 0 Å². The number of carbonyl (C=O) groups excluding carboxylic acids is 1. The van der Waals surface area contributed by atoms with Crippen molar-refractivity contribution in [1.29, 1.82) is 0 Å². The Labute approximate surface area is 155 Å². The summed E-state index contributed by atoms with van der Waals surface area (Å²) in [6.45, 7) is 5.70. The third-order valence-corrected chi connectivity index (χ3v) is 4.98. The largest absolute Gasteiger partial charge is 0.383 e. The lowest BCUT2D eigenvalue weighted by atomic mass is 9.87. The van der Waals surface area contributed by atoms with Gasteiger partial charge in [0.25, 0.3) is 5.95 Å². The lowest BCUT2D eigenvalue weighted by Gasteiger charge is -2.16.